The zero-order valence-corrected chi connectivity index (χ0v) is 20.2. The molecule has 2 aromatic carbocycles. The molecule has 4 rings (SSSR count). The van der Waals surface area contributed by atoms with Crippen molar-refractivity contribution in [3.8, 4) is 5.75 Å². The molecule has 1 aliphatic heterocycles. The van der Waals surface area contributed by atoms with Gasteiger partial charge in [-0.25, -0.2) is 9.78 Å². The predicted octanol–water partition coefficient (Wildman–Crippen LogP) is 5.00. The summed E-state index contributed by atoms with van der Waals surface area (Å²) in [4.78, 5) is 34.0. The second kappa shape index (κ2) is 10.4. The zero-order valence-electron chi connectivity index (χ0n) is 19.4. The van der Waals surface area contributed by atoms with Crippen LogP contribution in [-0.4, -0.2) is 49.0 Å². The van der Waals surface area contributed by atoms with Crippen molar-refractivity contribution in [2.24, 2.45) is 0 Å². The average molecular weight is 537 g/mol. The highest BCUT2D eigenvalue weighted by molar-refractivity contribution is 6.33. The molecule has 1 aliphatic rings. The number of rotatable bonds is 6. The Morgan fingerprint density at radius 2 is 2.00 bits per heavy atom. The molecular weight excluding hydrogens is 517 g/mol. The Labute approximate surface area is 213 Å². The van der Waals surface area contributed by atoms with Crippen LogP contribution in [0.3, 0.4) is 0 Å². The molecule has 0 saturated carbocycles. The van der Waals surface area contributed by atoms with Gasteiger partial charge in [0.1, 0.15) is 5.02 Å². The van der Waals surface area contributed by atoms with E-state index < -0.39 is 24.1 Å². The molecule has 194 valence electrons. The van der Waals surface area contributed by atoms with Crippen molar-refractivity contribution in [2.45, 2.75) is 12.8 Å². The Balaban J connectivity index is 1.65. The normalized spacial score (nSPS) is 13.2. The number of nitrogens with zero attached hydrogens (tertiary/aromatic N) is 3. The van der Waals surface area contributed by atoms with Gasteiger partial charge >= 0.3 is 12.5 Å². The van der Waals surface area contributed by atoms with Crippen LogP contribution in [0.5, 0.6) is 5.75 Å². The third kappa shape index (κ3) is 5.94. The van der Waals surface area contributed by atoms with Gasteiger partial charge in [-0.1, -0.05) is 17.7 Å². The molecule has 37 heavy (non-hydrogen) atoms. The van der Waals surface area contributed by atoms with Crippen molar-refractivity contribution in [3.63, 3.8) is 0 Å². The largest absolute Gasteiger partial charge is 0.573 e. The number of alkyl halides is 3. The number of ether oxygens (including phenoxy) is 2. The lowest BCUT2D eigenvalue weighted by Crippen LogP contribution is -2.25. The molecule has 14 heteroatoms. The molecule has 2 amide bonds. The first kappa shape index (κ1) is 25.8. The second-order valence-corrected chi connectivity index (χ2v) is 8.12. The number of fused-ring (bicyclic) bond motifs is 1. The Bertz CT molecular complexity index is 1350. The number of aromatic nitrogens is 2. The third-order valence-electron chi connectivity index (χ3n) is 5.28. The number of para-hydroxylation sites is 1. The second-order valence-electron chi connectivity index (χ2n) is 7.71. The highest BCUT2D eigenvalue weighted by Gasteiger charge is 2.33. The van der Waals surface area contributed by atoms with Gasteiger partial charge in [-0.15, -0.1) is 13.2 Å². The monoisotopic (exact) mass is 536 g/mol. The number of carbonyl (C=O) groups excluding carboxylic acids is 2. The topological polar surface area (TPSA) is 118 Å². The summed E-state index contributed by atoms with van der Waals surface area (Å²) in [6.45, 7) is 0.220. The minimum absolute atomic E-state index is 0.0190. The van der Waals surface area contributed by atoms with Crippen molar-refractivity contribution >= 4 is 52.4 Å². The maximum atomic E-state index is 13.0. The van der Waals surface area contributed by atoms with Gasteiger partial charge in [0.05, 0.1) is 29.7 Å². The number of cyclic esters (lactones) is 1. The number of nitrogens with one attached hydrogen (secondary N) is 3. The quantitative estimate of drug-likeness (QED) is 0.403. The number of halogens is 4. The highest BCUT2D eigenvalue weighted by atomic mass is 35.5. The van der Waals surface area contributed by atoms with Gasteiger partial charge < -0.3 is 25.4 Å². The van der Waals surface area contributed by atoms with Gasteiger partial charge in [0.15, 0.2) is 11.6 Å². The summed E-state index contributed by atoms with van der Waals surface area (Å²) in [7, 11) is 2.94. The van der Waals surface area contributed by atoms with Crippen LogP contribution in [0.1, 0.15) is 15.9 Å². The van der Waals surface area contributed by atoms with Crippen molar-refractivity contribution in [2.75, 3.05) is 36.2 Å². The van der Waals surface area contributed by atoms with Gasteiger partial charge in [0, 0.05) is 26.2 Å². The maximum Gasteiger partial charge on any atom is 0.573 e. The number of carbonyl (C=O) groups is 2. The number of benzene rings is 2. The minimum atomic E-state index is -5.00. The summed E-state index contributed by atoms with van der Waals surface area (Å²) < 4.78 is 48.3. The standard InChI is InChI=1S/C23H20ClF3N6O4/c1-28-20(34)14-4-3-5-17(37-23(25,26)27)18(14)31-19-15(24)11-29-21(32-19)30-13-6-7-16-12(10-13)8-9-36-22(35)33(16)2/h3-7,10-11H,8-9H2,1-2H3,(H,28,34)(H2,29,30,31,32). The van der Waals surface area contributed by atoms with Crippen LogP contribution < -0.4 is 25.6 Å². The van der Waals surface area contributed by atoms with Crippen molar-refractivity contribution < 1.29 is 32.2 Å². The van der Waals surface area contributed by atoms with Crippen LogP contribution >= 0.6 is 11.6 Å². The van der Waals surface area contributed by atoms with Crippen LogP contribution in [0.25, 0.3) is 0 Å². The Morgan fingerprint density at radius 1 is 1.22 bits per heavy atom. The Morgan fingerprint density at radius 3 is 2.73 bits per heavy atom. The van der Waals surface area contributed by atoms with Crippen LogP contribution in [-0.2, 0) is 11.2 Å². The van der Waals surface area contributed by atoms with Gasteiger partial charge in [0.2, 0.25) is 5.95 Å². The van der Waals surface area contributed by atoms with E-state index >= 15 is 0 Å². The van der Waals surface area contributed by atoms with E-state index in [0.29, 0.717) is 17.8 Å². The Hall–Kier alpha value is -4.26. The summed E-state index contributed by atoms with van der Waals surface area (Å²) >= 11 is 6.21. The third-order valence-corrected chi connectivity index (χ3v) is 5.56. The zero-order chi connectivity index (χ0) is 26.7. The number of hydrogen-bond donors (Lipinski definition) is 3. The molecular formula is C23H20ClF3N6O4. The number of hydrogen-bond acceptors (Lipinski definition) is 8. The molecule has 0 bridgehead atoms. The molecule has 0 fully saturated rings. The molecule has 0 atom stereocenters. The van der Waals surface area contributed by atoms with Crippen molar-refractivity contribution in [3.05, 3.63) is 58.7 Å². The lowest BCUT2D eigenvalue weighted by atomic mass is 10.1. The van der Waals surface area contributed by atoms with Gasteiger partial charge in [-0.3, -0.25) is 9.69 Å². The summed E-state index contributed by atoms with van der Waals surface area (Å²) in [5.74, 6) is -1.31. The van der Waals surface area contributed by atoms with E-state index in [-0.39, 0.29) is 34.6 Å². The Kier molecular flexibility index (Phi) is 7.25. The first-order valence-corrected chi connectivity index (χ1v) is 11.1. The molecule has 2 heterocycles. The van der Waals surface area contributed by atoms with Crippen molar-refractivity contribution in [1.82, 2.24) is 15.3 Å². The van der Waals surface area contributed by atoms with E-state index in [9.17, 15) is 22.8 Å². The molecule has 3 aromatic rings. The van der Waals surface area contributed by atoms with Crippen LogP contribution in [0.2, 0.25) is 5.02 Å². The minimum Gasteiger partial charge on any atom is -0.449 e. The van der Waals surface area contributed by atoms with E-state index in [2.05, 4.69) is 30.7 Å². The molecule has 0 spiro atoms. The molecule has 0 unspecified atom stereocenters. The van der Waals surface area contributed by atoms with E-state index in [1.807, 2.05) is 0 Å². The van der Waals surface area contributed by atoms with Crippen LogP contribution in [0, 0.1) is 0 Å². The van der Waals surface area contributed by atoms with E-state index in [4.69, 9.17) is 16.3 Å². The lowest BCUT2D eigenvalue weighted by molar-refractivity contribution is -0.274. The lowest BCUT2D eigenvalue weighted by Gasteiger charge is -2.18. The van der Waals surface area contributed by atoms with E-state index in [1.54, 1.807) is 25.2 Å². The summed E-state index contributed by atoms with van der Waals surface area (Å²) in [5.41, 5.74) is 1.71. The van der Waals surface area contributed by atoms with Gasteiger partial charge in [-0.05, 0) is 35.9 Å². The molecule has 1 aromatic heterocycles. The fraction of sp³-hybridized carbons (Fsp3) is 0.217. The van der Waals surface area contributed by atoms with Crippen molar-refractivity contribution in [1.29, 1.82) is 0 Å². The fourth-order valence-electron chi connectivity index (χ4n) is 3.59. The highest BCUT2D eigenvalue weighted by Crippen LogP contribution is 2.37. The predicted molar refractivity (Wildman–Crippen MR) is 130 cm³/mol. The summed E-state index contributed by atoms with van der Waals surface area (Å²) in [6.07, 6.45) is -3.72. The first-order valence-electron chi connectivity index (χ1n) is 10.8. The van der Waals surface area contributed by atoms with Gasteiger partial charge in [0.25, 0.3) is 5.91 Å². The summed E-state index contributed by atoms with van der Waals surface area (Å²) in [5, 5.41) is 8.02. The number of amides is 2. The first-order chi connectivity index (χ1) is 17.6. The van der Waals surface area contributed by atoms with Gasteiger partial charge in [-0.2, -0.15) is 4.98 Å². The van der Waals surface area contributed by atoms with Crippen LogP contribution in [0.15, 0.2) is 42.6 Å². The van der Waals surface area contributed by atoms with E-state index in [0.717, 1.165) is 11.6 Å². The van der Waals surface area contributed by atoms with E-state index in [1.165, 1.54) is 30.3 Å². The SMILES string of the molecule is CNC(=O)c1cccc(OC(F)(F)F)c1Nc1nc(Nc2ccc3c(c2)CCOC(=O)N3C)ncc1Cl. The average Bonchev–Trinajstić information content (AvgIpc) is 2.98. The maximum absolute atomic E-state index is 13.0. The molecule has 10 nitrogen and oxygen atoms in total. The fourth-order valence-corrected chi connectivity index (χ4v) is 3.73. The molecule has 0 aliphatic carbocycles. The molecule has 3 N–H and O–H groups in total. The molecule has 0 saturated heterocycles. The smallest absolute Gasteiger partial charge is 0.449 e. The molecule has 0 radical (unpaired) electrons. The van der Waals surface area contributed by atoms with Crippen LogP contribution in [0.4, 0.5) is 46.8 Å². The summed E-state index contributed by atoms with van der Waals surface area (Å²) in [6, 6.07) is 8.86. The number of anilines is 5.